The number of anilines is 1. The van der Waals surface area contributed by atoms with Gasteiger partial charge in [-0.3, -0.25) is 19.4 Å². The standard InChI is InChI=1S/C22H29N7O/c1-3-11-28-16-19(17(2)26-28)15-27-12-7-20(8-13-27)29-21(6-10-24-29)25-22(30)18-5-4-9-23-14-18/h4-6,9-10,14,16,20H,3,7-8,11-13,15H2,1-2H3,(H,25,30). The fourth-order valence-corrected chi connectivity index (χ4v) is 4.01. The molecule has 3 aromatic heterocycles. The lowest BCUT2D eigenvalue weighted by Crippen LogP contribution is -2.35. The van der Waals surface area contributed by atoms with Gasteiger partial charge in [0.25, 0.3) is 5.91 Å². The molecule has 1 aliphatic heterocycles. The van der Waals surface area contributed by atoms with Crippen molar-refractivity contribution in [2.24, 2.45) is 0 Å². The Bertz CT molecular complexity index is 971. The van der Waals surface area contributed by atoms with Crippen LogP contribution in [-0.2, 0) is 13.1 Å². The number of carbonyl (C=O) groups excluding carboxylic acids is 1. The van der Waals surface area contributed by atoms with Crippen LogP contribution in [0, 0.1) is 6.92 Å². The van der Waals surface area contributed by atoms with Gasteiger partial charge in [-0.2, -0.15) is 10.2 Å². The van der Waals surface area contributed by atoms with Crippen molar-refractivity contribution in [1.29, 1.82) is 0 Å². The smallest absolute Gasteiger partial charge is 0.258 e. The SMILES string of the molecule is CCCn1cc(CN2CCC(n3nccc3NC(=O)c3cccnc3)CC2)c(C)n1. The first-order chi connectivity index (χ1) is 14.6. The van der Waals surface area contributed by atoms with Crippen LogP contribution in [0.1, 0.15) is 53.8 Å². The molecule has 4 rings (SSSR count). The number of pyridine rings is 1. The van der Waals surface area contributed by atoms with Crippen LogP contribution in [0.2, 0.25) is 0 Å². The van der Waals surface area contributed by atoms with Gasteiger partial charge in [0.2, 0.25) is 0 Å². The minimum absolute atomic E-state index is 0.165. The molecule has 0 saturated carbocycles. The molecule has 158 valence electrons. The summed E-state index contributed by atoms with van der Waals surface area (Å²) in [4.78, 5) is 19.0. The summed E-state index contributed by atoms with van der Waals surface area (Å²) < 4.78 is 4.01. The second-order valence-corrected chi connectivity index (χ2v) is 7.87. The zero-order valence-electron chi connectivity index (χ0n) is 17.7. The summed E-state index contributed by atoms with van der Waals surface area (Å²) in [5.74, 6) is 0.570. The second-order valence-electron chi connectivity index (χ2n) is 7.87. The van der Waals surface area contributed by atoms with E-state index in [2.05, 4.69) is 50.1 Å². The van der Waals surface area contributed by atoms with Gasteiger partial charge in [-0.1, -0.05) is 6.92 Å². The Morgan fingerprint density at radius 1 is 1.23 bits per heavy atom. The molecule has 4 heterocycles. The summed E-state index contributed by atoms with van der Waals surface area (Å²) in [6, 6.07) is 5.65. The number of aryl methyl sites for hydroxylation is 2. The number of rotatable bonds is 7. The maximum absolute atomic E-state index is 12.5. The number of hydrogen-bond donors (Lipinski definition) is 1. The quantitative estimate of drug-likeness (QED) is 0.650. The molecule has 0 unspecified atom stereocenters. The van der Waals surface area contributed by atoms with E-state index in [0.717, 1.165) is 57.0 Å². The molecule has 30 heavy (non-hydrogen) atoms. The zero-order chi connectivity index (χ0) is 20.9. The number of nitrogens with one attached hydrogen (secondary N) is 1. The number of amides is 1. The van der Waals surface area contributed by atoms with Crippen molar-refractivity contribution in [2.45, 2.75) is 52.2 Å². The van der Waals surface area contributed by atoms with Gasteiger partial charge < -0.3 is 5.32 Å². The molecule has 8 heteroatoms. The number of likely N-dealkylation sites (tertiary alicyclic amines) is 1. The van der Waals surface area contributed by atoms with E-state index in [1.54, 1.807) is 30.7 Å². The highest BCUT2D eigenvalue weighted by atomic mass is 16.1. The highest BCUT2D eigenvalue weighted by molar-refractivity contribution is 6.03. The van der Waals surface area contributed by atoms with Crippen molar-refractivity contribution in [3.05, 3.63) is 59.8 Å². The molecule has 3 aromatic rings. The Morgan fingerprint density at radius 3 is 2.80 bits per heavy atom. The lowest BCUT2D eigenvalue weighted by atomic mass is 10.0. The number of nitrogens with zero attached hydrogens (tertiary/aromatic N) is 6. The maximum atomic E-state index is 12.5. The Kier molecular flexibility index (Phi) is 6.23. The molecule has 1 fully saturated rings. The third-order valence-corrected chi connectivity index (χ3v) is 5.63. The van der Waals surface area contributed by atoms with E-state index < -0.39 is 0 Å². The fraction of sp³-hybridized carbons (Fsp3) is 0.455. The molecule has 1 amide bonds. The fourth-order valence-electron chi connectivity index (χ4n) is 4.01. The Hall–Kier alpha value is -3.00. The maximum Gasteiger partial charge on any atom is 0.258 e. The molecule has 1 saturated heterocycles. The van der Waals surface area contributed by atoms with Crippen molar-refractivity contribution in [3.8, 4) is 0 Å². The average molecular weight is 408 g/mol. The van der Waals surface area contributed by atoms with E-state index in [1.165, 1.54) is 5.56 Å². The molecule has 0 radical (unpaired) electrons. The van der Waals surface area contributed by atoms with Crippen molar-refractivity contribution in [1.82, 2.24) is 29.4 Å². The molecule has 0 aliphatic carbocycles. The van der Waals surface area contributed by atoms with E-state index >= 15 is 0 Å². The predicted octanol–water partition coefficient (Wildman–Crippen LogP) is 3.28. The Balaban J connectivity index is 1.35. The predicted molar refractivity (Wildman–Crippen MR) is 115 cm³/mol. The summed E-state index contributed by atoms with van der Waals surface area (Å²) in [6.45, 7) is 8.17. The number of piperidine rings is 1. The Labute approximate surface area is 176 Å². The van der Waals surface area contributed by atoms with Crippen LogP contribution in [0.3, 0.4) is 0 Å². The molecule has 0 aromatic carbocycles. The van der Waals surface area contributed by atoms with E-state index in [0.29, 0.717) is 5.56 Å². The van der Waals surface area contributed by atoms with Crippen molar-refractivity contribution >= 4 is 11.7 Å². The summed E-state index contributed by atoms with van der Waals surface area (Å²) in [6.07, 6.45) is 10.3. The van der Waals surface area contributed by atoms with Crippen LogP contribution < -0.4 is 5.32 Å². The molecule has 0 spiro atoms. The van der Waals surface area contributed by atoms with Gasteiger partial charge in [-0.25, -0.2) is 4.68 Å². The minimum atomic E-state index is -0.165. The highest BCUT2D eigenvalue weighted by Crippen LogP contribution is 2.26. The molecule has 8 nitrogen and oxygen atoms in total. The molecular weight excluding hydrogens is 378 g/mol. The molecule has 1 N–H and O–H groups in total. The first-order valence-corrected chi connectivity index (χ1v) is 10.6. The van der Waals surface area contributed by atoms with Crippen LogP contribution in [0.5, 0.6) is 0 Å². The summed E-state index contributed by atoms with van der Waals surface area (Å²) in [5.41, 5.74) is 2.97. The third kappa shape index (κ3) is 4.59. The van der Waals surface area contributed by atoms with Gasteiger partial charge >= 0.3 is 0 Å². The van der Waals surface area contributed by atoms with Crippen LogP contribution in [0.15, 0.2) is 43.0 Å². The van der Waals surface area contributed by atoms with Crippen molar-refractivity contribution in [3.63, 3.8) is 0 Å². The molecule has 0 atom stereocenters. The van der Waals surface area contributed by atoms with Crippen LogP contribution >= 0.6 is 0 Å². The van der Waals surface area contributed by atoms with Gasteiger partial charge in [0.1, 0.15) is 5.82 Å². The van der Waals surface area contributed by atoms with Gasteiger partial charge in [-0.15, -0.1) is 0 Å². The van der Waals surface area contributed by atoms with E-state index in [-0.39, 0.29) is 11.9 Å². The van der Waals surface area contributed by atoms with Crippen LogP contribution in [0.4, 0.5) is 5.82 Å². The van der Waals surface area contributed by atoms with Gasteiger partial charge in [-0.05, 0) is 38.3 Å². The normalized spacial score (nSPS) is 15.4. The largest absolute Gasteiger partial charge is 0.307 e. The van der Waals surface area contributed by atoms with Crippen molar-refractivity contribution < 1.29 is 4.79 Å². The molecular formula is C22H29N7O. The third-order valence-electron chi connectivity index (χ3n) is 5.63. The second kappa shape index (κ2) is 9.21. The van der Waals surface area contributed by atoms with Crippen LogP contribution in [0.25, 0.3) is 0 Å². The van der Waals surface area contributed by atoms with Gasteiger partial charge in [0.05, 0.1) is 23.5 Å². The average Bonchev–Trinajstić information content (AvgIpc) is 3.36. The number of carbonyl (C=O) groups is 1. The van der Waals surface area contributed by atoms with E-state index in [4.69, 9.17) is 0 Å². The number of aromatic nitrogens is 5. The minimum Gasteiger partial charge on any atom is -0.307 e. The van der Waals surface area contributed by atoms with Gasteiger partial charge in [0, 0.05) is 56.4 Å². The molecule has 1 aliphatic rings. The topological polar surface area (TPSA) is 80.9 Å². The first-order valence-electron chi connectivity index (χ1n) is 10.6. The zero-order valence-corrected chi connectivity index (χ0v) is 17.7. The Morgan fingerprint density at radius 2 is 2.07 bits per heavy atom. The highest BCUT2D eigenvalue weighted by Gasteiger charge is 2.24. The lowest BCUT2D eigenvalue weighted by Gasteiger charge is -2.32. The van der Waals surface area contributed by atoms with Crippen LogP contribution in [-0.4, -0.2) is 48.4 Å². The monoisotopic (exact) mass is 407 g/mol. The van der Waals surface area contributed by atoms with Gasteiger partial charge in [0.15, 0.2) is 0 Å². The first kappa shape index (κ1) is 20.3. The summed E-state index contributed by atoms with van der Waals surface area (Å²) in [7, 11) is 0. The van der Waals surface area contributed by atoms with E-state index in [1.807, 2.05) is 10.7 Å². The summed E-state index contributed by atoms with van der Waals surface area (Å²) >= 11 is 0. The lowest BCUT2D eigenvalue weighted by molar-refractivity contribution is 0.102. The molecule has 0 bridgehead atoms. The van der Waals surface area contributed by atoms with E-state index in [9.17, 15) is 4.79 Å². The number of hydrogen-bond acceptors (Lipinski definition) is 5. The summed E-state index contributed by atoms with van der Waals surface area (Å²) in [5, 5.41) is 12.1. The van der Waals surface area contributed by atoms with Crippen molar-refractivity contribution in [2.75, 3.05) is 18.4 Å².